The third-order valence-electron chi connectivity index (χ3n) is 4.72. The van der Waals surface area contributed by atoms with Gasteiger partial charge in [-0.2, -0.15) is 9.78 Å². The fourth-order valence-corrected chi connectivity index (χ4v) is 3.09. The molecule has 1 N–H and O–H groups in total. The highest BCUT2D eigenvalue weighted by Gasteiger charge is 2.22. The van der Waals surface area contributed by atoms with Gasteiger partial charge in [0.2, 0.25) is 5.91 Å². The minimum Gasteiger partial charge on any atom is -0.493 e. The number of pyridine rings is 1. The number of hydrogen-bond donors (Lipinski definition) is 1. The van der Waals surface area contributed by atoms with Crippen LogP contribution in [0.2, 0.25) is 0 Å². The number of ether oxygens (including phenoxy) is 2. The first-order valence-corrected chi connectivity index (χ1v) is 9.85. The summed E-state index contributed by atoms with van der Waals surface area (Å²) in [6, 6.07) is 13.2. The molecule has 0 spiro atoms. The molecule has 3 aromatic rings. The second-order valence-corrected chi connectivity index (χ2v) is 7.97. The quantitative estimate of drug-likeness (QED) is 0.635. The van der Waals surface area contributed by atoms with E-state index in [1.165, 1.54) is 0 Å². The Bertz CT molecular complexity index is 1010. The van der Waals surface area contributed by atoms with Crippen molar-refractivity contribution in [2.45, 2.75) is 39.0 Å². The number of amides is 1. The molecule has 0 aliphatic carbocycles. The third kappa shape index (κ3) is 4.79. The van der Waals surface area contributed by atoms with Gasteiger partial charge in [-0.1, -0.05) is 39.0 Å². The number of methoxy groups -OCH3 is 2. The molecular weight excluding hydrogens is 380 g/mol. The second kappa shape index (κ2) is 8.98. The number of carbonyl (C=O) groups excluding carboxylic acids is 1. The van der Waals surface area contributed by atoms with E-state index >= 15 is 0 Å². The zero-order chi connectivity index (χ0) is 21.7. The number of nitrogens with zero attached hydrogens (tertiary/aromatic N) is 3. The van der Waals surface area contributed by atoms with Gasteiger partial charge < -0.3 is 14.8 Å². The van der Waals surface area contributed by atoms with E-state index in [4.69, 9.17) is 9.47 Å². The molecule has 0 saturated heterocycles. The first kappa shape index (κ1) is 21.4. The van der Waals surface area contributed by atoms with Crippen LogP contribution in [-0.2, 0) is 16.6 Å². The smallest absolute Gasteiger partial charge is 0.225 e. The van der Waals surface area contributed by atoms with Crippen LogP contribution in [0.4, 0.5) is 5.82 Å². The topological polar surface area (TPSA) is 78.3 Å². The van der Waals surface area contributed by atoms with Crippen LogP contribution < -0.4 is 14.8 Å². The molecule has 30 heavy (non-hydrogen) atoms. The summed E-state index contributed by atoms with van der Waals surface area (Å²) >= 11 is 0. The highest BCUT2D eigenvalue weighted by atomic mass is 16.5. The lowest BCUT2D eigenvalue weighted by molar-refractivity contribution is -0.116. The summed E-state index contributed by atoms with van der Waals surface area (Å²) in [4.78, 5) is 17.1. The van der Waals surface area contributed by atoms with Gasteiger partial charge in [-0.3, -0.25) is 4.79 Å². The molecule has 2 heterocycles. The van der Waals surface area contributed by atoms with Crippen LogP contribution in [0.5, 0.6) is 11.5 Å². The van der Waals surface area contributed by atoms with Gasteiger partial charge in [0.05, 0.1) is 19.9 Å². The van der Waals surface area contributed by atoms with Crippen molar-refractivity contribution >= 4 is 11.7 Å². The van der Waals surface area contributed by atoms with Crippen molar-refractivity contribution in [3.8, 4) is 17.3 Å². The summed E-state index contributed by atoms with van der Waals surface area (Å²) in [7, 11) is 3.20. The number of nitrogens with one attached hydrogen (secondary N) is 1. The summed E-state index contributed by atoms with van der Waals surface area (Å²) < 4.78 is 12.5. The summed E-state index contributed by atoms with van der Waals surface area (Å²) in [5.41, 5.74) is 1.63. The first-order chi connectivity index (χ1) is 14.3. The van der Waals surface area contributed by atoms with Crippen molar-refractivity contribution in [1.82, 2.24) is 14.8 Å². The van der Waals surface area contributed by atoms with Crippen molar-refractivity contribution < 1.29 is 14.3 Å². The lowest BCUT2D eigenvalue weighted by Crippen LogP contribution is -2.16. The summed E-state index contributed by atoms with van der Waals surface area (Å²) in [5.74, 6) is 2.44. The van der Waals surface area contributed by atoms with Gasteiger partial charge in [-0.15, -0.1) is 0 Å². The molecule has 0 bridgehead atoms. The van der Waals surface area contributed by atoms with E-state index in [0.29, 0.717) is 36.0 Å². The van der Waals surface area contributed by atoms with Crippen molar-refractivity contribution in [2.75, 3.05) is 19.5 Å². The van der Waals surface area contributed by atoms with E-state index in [2.05, 4.69) is 36.2 Å². The molecule has 0 aliphatic rings. The van der Waals surface area contributed by atoms with Crippen LogP contribution in [0.15, 0.2) is 48.7 Å². The molecule has 0 fully saturated rings. The predicted octanol–water partition coefficient (Wildman–Crippen LogP) is 4.15. The lowest BCUT2D eigenvalue weighted by Gasteiger charge is -2.13. The highest BCUT2D eigenvalue weighted by Crippen LogP contribution is 2.31. The fourth-order valence-electron chi connectivity index (χ4n) is 3.09. The number of aromatic nitrogens is 3. The Morgan fingerprint density at radius 3 is 2.53 bits per heavy atom. The van der Waals surface area contributed by atoms with Gasteiger partial charge in [0, 0.05) is 24.1 Å². The predicted molar refractivity (Wildman–Crippen MR) is 117 cm³/mol. The molecule has 2 aromatic heterocycles. The summed E-state index contributed by atoms with van der Waals surface area (Å²) in [5, 5.41) is 7.66. The zero-order valence-electron chi connectivity index (χ0n) is 18.1. The molecule has 7 heteroatoms. The average molecular weight is 409 g/mol. The number of anilines is 1. The SMILES string of the molecule is COc1cccc(CCC(=O)Nc2cc(C(C)(C)C)nn2-c2ccccn2)c1OC. The zero-order valence-corrected chi connectivity index (χ0v) is 18.1. The fraction of sp³-hybridized carbons (Fsp3) is 0.348. The number of carbonyl (C=O) groups is 1. The van der Waals surface area contributed by atoms with E-state index in [9.17, 15) is 4.79 Å². The monoisotopic (exact) mass is 408 g/mol. The molecule has 0 atom stereocenters. The van der Waals surface area contributed by atoms with Crippen molar-refractivity contribution in [3.63, 3.8) is 0 Å². The lowest BCUT2D eigenvalue weighted by atomic mass is 9.92. The van der Waals surface area contributed by atoms with Crippen LogP contribution in [0.25, 0.3) is 5.82 Å². The highest BCUT2D eigenvalue weighted by molar-refractivity contribution is 5.90. The average Bonchev–Trinajstić information content (AvgIpc) is 3.16. The number of para-hydroxylation sites is 1. The molecule has 3 rings (SSSR count). The maximum Gasteiger partial charge on any atom is 0.225 e. The maximum absolute atomic E-state index is 12.7. The van der Waals surface area contributed by atoms with E-state index in [0.717, 1.165) is 11.3 Å². The minimum atomic E-state index is -0.159. The Morgan fingerprint density at radius 2 is 1.90 bits per heavy atom. The van der Waals surface area contributed by atoms with Gasteiger partial charge in [-0.25, -0.2) is 4.98 Å². The number of benzene rings is 1. The molecule has 0 radical (unpaired) electrons. The molecule has 1 amide bonds. The van der Waals surface area contributed by atoms with Gasteiger partial charge in [0.15, 0.2) is 17.3 Å². The number of hydrogen-bond acceptors (Lipinski definition) is 5. The molecule has 158 valence electrons. The normalized spacial score (nSPS) is 11.2. The van der Waals surface area contributed by atoms with Crippen LogP contribution in [0.3, 0.4) is 0 Å². The van der Waals surface area contributed by atoms with Gasteiger partial charge in [0.25, 0.3) is 0 Å². The number of aryl methyl sites for hydroxylation is 1. The number of rotatable bonds is 7. The van der Waals surface area contributed by atoms with E-state index < -0.39 is 0 Å². The molecule has 7 nitrogen and oxygen atoms in total. The second-order valence-electron chi connectivity index (χ2n) is 7.97. The summed E-state index contributed by atoms with van der Waals surface area (Å²) in [6.07, 6.45) is 2.52. The Kier molecular flexibility index (Phi) is 6.40. The van der Waals surface area contributed by atoms with Crippen LogP contribution in [-0.4, -0.2) is 34.9 Å². The van der Waals surface area contributed by atoms with E-state index in [-0.39, 0.29) is 11.3 Å². The van der Waals surface area contributed by atoms with Gasteiger partial charge in [-0.05, 0) is 30.2 Å². The molecule has 1 aromatic carbocycles. The van der Waals surface area contributed by atoms with Gasteiger partial charge in [0.1, 0.15) is 5.82 Å². The summed E-state index contributed by atoms with van der Waals surface area (Å²) in [6.45, 7) is 6.25. The Morgan fingerprint density at radius 1 is 1.10 bits per heavy atom. The van der Waals surface area contributed by atoms with Crippen LogP contribution in [0.1, 0.15) is 38.4 Å². The third-order valence-corrected chi connectivity index (χ3v) is 4.72. The van der Waals surface area contributed by atoms with Gasteiger partial charge >= 0.3 is 0 Å². The molecule has 0 aliphatic heterocycles. The largest absolute Gasteiger partial charge is 0.493 e. The Labute approximate surface area is 177 Å². The standard InChI is InChI=1S/C23H28N4O3/c1-23(2,3)18-15-20(27(26-18)19-11-6-7-14-24-19)25-21(28)13-12-16-9-8-10-17(29-4)22(16)30-5/h6-11,14-15H,12-13H2,1-5H3,(H,25,28). The Hall–Kier alpha value is -3.35. The van der Waals surface area contributed by atoms with E-state index in [1.54, 1.807) is 25.1 Å². The van der Waals surface area contributed by atoms with Crippen molar-refractivity contribution in [1.29, 1.82) is 0 Å². The van der Waals surface area contributed by atoms with Crippen LogP contribution >= 0.6 is 0 Å². The minimum absolute atomic E-state index is 0.114. The first-order valence-electron chi connectivity index (χ1n) is 9.85. The molecule has 0 saturated carbocycles. The van der Waals surface area contributed by atoms with Crippen molar-refractivity contribution in [2.24, 2.45) is 0 Å². The Balaban J connectivity index is 1.79. The van der Waals surface area contributed by atoms with Crippen LogP contribution in [0, 0.1) is 0 Å². The van der Waals surface area contributed by atoms with E-state index in [1.807, 2.05) is 42.5 Å². The van der Waals surface area contributed by atoms with Crippen molar-refractivity contribution in [3.05, 3.63) is 59.9 Å². The molecular formula is C23H28N4O3. The maximum atomic E-state index is 12.7. The molecule has 0 unspecified atom stereocenters.